The molecule has 0 amide bonds. The number of fused-ring (bicyclic) bond motifs is 1. The average Bonchev–Trinajstić information content (AvgIpc) is 2.42. The lowest BCUT2D eigenvalue weighted by Crippen LogP contribution is -3.00. The predicted octanol–water partition coefficient (Wildman–Crippen LogP) is -0.0347. The molecule has 0 radical (unpaired) electrons. The van der Waals surface area contributed by atoms with E-state index in [1.165, 1.54) is 31.5 Å². The van der Waals surface area contributed by atoms with Gasteiger partial charge in [-0.15, -0.1) is 0 Å². The van der Waals surface area contributed by atoms with Crippen LogP contribution in [0.2, 0.25) is 0 Å². The molecule has 0 saturated carbocycles. The van der Waals surface area contributed by atoms with Crippen LogP contribution in [0.4, 0.5) is 0 Å². The molecule has 2 aliphatic rings. The van der Waals surface area contributed by atoms with Crippen LogP contribution in [0.1, 0.15) is 37.7 Å². The highest BCUT2D eigenvalue weighted by molar-refractivity contribution is 5.88. The lowest BCUT2D eigenvalue weighted by atomic mass is 9.72. The number of ketones is 1. The number of nitrogens with zero attached hydrogens (tertiary/aromatic N) is 1. The molecule has 0 bridgehead atoms. The molecule has 2 aliphatic heterocycles. The van der Waals surface area contributed by atoms with E-state index in [1.807, 2.05) is 0 Å². The highest BCUT2D eigenvalue weighted by Crippen LogP contribution is 2.41. The molecule has 2 saturated heterocycles. The van der Waals surface area contributed by atoms with Crippen LogP contribution in [0.3, 0.4) is 0 Å². The highest BCUT2D eigenvalue weighted by Gasteiger charge is 2.56. The van der Waals surface area contributed by atoms with Crippen molar-refractivity contribution in [2.24, 2.45) is 0 Å². The molecule has 2 unspecified atom stereocenters. The number of hydrogen-bond acceptors (Lipinski definition) is 1. The van der Waals surface area contributed by atoms with Gasteiger partial charge in [-0.25, -0.2) is 0 Å². The van der Waals surface area contributed by atoms with Gasteiger partial charge in [0.2, 0.25) is 0 Å². The lowest BCUT2D eigenvalue weighted by Gasteiger charge is -2.55. The summed E-state index contributed by atoms with van der Waals surface area (Å²) in [4.78, 5) is 12.7. The van der Waals surface area contributed by atoms with Gasteiger partial charge in [0.05, 0.1) is 20.1 Å². The molecule has 0 aliphatic carbocycles. The molecule has 0 spiro atoms. The molecule has 2 fully saturated rings. The van der Waals surface area contributed by atoms with E-state index >= 15 is 0 Å². The quantitative estimate of drug-likeness (QED) is 0.516. The van der Waals surface area contributed by atoms with Gasteiger partial charge in [0.1, 0.15) is 0 Å². The molecule has 0 aromatic heterocycles. The van der Waals surface area contributed by atoms with Gasteiger partial charge in [0.15, 0.2) is 11.3 Å². The first-order valence-electron chi connectivity index (χ1n) is 7.58. The number of carbonyl (C=O) groups is 1. The second kappa shape index (κ2) is 6.14. The second-order valence-corrected chi connectivity index (χ2v) is 6.52. The van der Waals surface area contributed by atoms with Crippen molar-refractivity contribution in [2.75, 3.05) is 20.1 Å². The summed E-state index contributed by atoms with van der Waals surface area (Å²) in [6.45, 7) is 2.36. The maximum Gasteiger partial charge on any atom is 0.193 e. The lowest BCUT2D eigenvalue weighted by molar-refractivity contribution is -0.957. The fourth-order valence-corrected chi connectivity index (χ4v) is 4.26. The summed E-state index contributed by atoms with van der Waals surface area (Å²) < 4.78 is 0.987. The number of carbonyl (C=O) groups excluding carboxylic acids is 1. The number of piperidine rings is 2. The first-order valence-corrected chi connectivity index (χ1v) is 7.58. The molecule has 110 valence electrons. The van der Waals surface area contributed by atoms with Gasteiger partial charge in [0.25, 0.3) is 0 Å². The van der Waals surface area contributed by atoms with Crippen LogP contribution >= 0.6 is 0 Å². The van der Waals surface area contributed by atoms with Crippen molar-refractivity contribution in [1.29, 1.82) is 0 Å². The number of Topliss-reactive ketones (excluding diaryl/α,β-unsaturated/α-hetero) is 1. The third kappa shape index (κ3) is 2.54. The number of halogens is 1. The topological polar surface area (TPSA) is 17.1 Å². The van der Waals surface area contributed by atoms with Gasteiger partial charge < -0.3 is 28.5 Å². The molecule has 1 aromatic carbocycles. The Labute approximate surface area is 139 Å². The van der Waals surface area contributed by atoms with Crippen molar-refractivity contribution < 1.29 is 33.3 Å². The Kier molecular flexibility index (Phi) is 4.90. The van der Waals surface area contributed by atoms with Crippen LogP contribution < -0.4 is 24.0 Å². The van der Waals surface area contributed by atoms with Crippen molar-refractivity contribution in [3.8, 4) is 0 Å². The third-order valence-electron chi connectivity index (χ3n) is 5.44. The monoisotopic (exact) mass is 385 g/mol. The van der Waals surface area contributed by atoms with Crippen molar-refractivity contribution >= 4 is 5.78 Å². The maximum atomic E-state index is 12.7. The molecule has 2 nitrogen and oxygen atoms in total. The number of hydrogen-bond donors (Lipinski definition) is 0. The van der Waals surface area contributed by atoms with Gasteiger partial charge in [-0.3, -0.25) is 4.79 Å². The minimum atomic E-state index is -0.127. The fourth-order valence-electron chi connectivity index (χ4n) is 4.26. The highest BCUT2D eigenvalue weighted by atomic mass is 127. The van der Waals surface area contributed by atoms with Gasteiger partial charge in [-0.2, -0.15) is 0 Å². The minimum absolute atomic E-state index is 0. The number of benzene rings is 1. The Morgan fingerprint density at radius 3 is 2.55 bits per heavy atom. The molecular weight excluding hydrogens is 361 g/mol. The van der Waals surface area contributed by atoms with Crippen molar-refractivity contribution in [2.45, 2.75) is 44.1 Å². The smallest absolute Gasteiger partial charge is 0.193 e. The molecule has 3 rings (SSSR count). The van der Waals surface area contributed by atoms with E-state index in [-0.39, 0.29) is 29.5 Å². The summed E-state index contributed by atoms with van der Waals surface area (Å²) in [5.41, 5.74) is 1.20. The summed E-state index contributed by atoms with van der Waals surface area (Å²) >= 11 is 0. The summed E-state index contributed by atoms with van der Waals surface area (Å²) in [5, 5.41) is 0. The van der Waals surface area contributed by atoms with Gasteiger partial charge in [0, 0.05) is 25.7 Å². The van der Waals surface area contributed by atoms with Crippen LogP contribution in [0.25, 0.3) is 0 Å². The number of quaternary nitrogens is 1. The summed E-state index contributed by atoms with van der Waals surface area (Å²) in [5.74, 6) is 0.518. The molecule has 2 heterocycles. The SMILES string of the molecule is C[N+]12CCCCC1(Cc1ccccc1)C(=O)CCC2.[I-]. The number of likely N-dealkylation sites (N-methyl/N-ethyl adjacent to an activating group) is 1. The Morgan fingerprint density at radius 2 is 1.80 bits per heavy atom. The second-order valence-electron chi connectivity index (χ2n) is 6.52. The summed E-state index contributed by atoms with van der Waals surface area (Å²) in [6.07, 6.45) is 6.37. The van der Waals surface area contributed by atoms with E-state index in [9.17, 15) is 4.79 Å². The van der Waals surface area contributed by atoms with Crippen molar-refractivity contribution in [3.63, 3.8) is 0 Å². The van der Waals surface area contributed by atoms with Crippen molar-refractivity contribution in [3.05, 3.63) is 35.9 Å². The van der Waals surface area contributed by atoms with E-state index < -0.39 is 0 Å². The Morgan fingerprint density at radius 1 is 1.10 bits per heavy atom. The zero-order valence-electron chi connectivity index (χ0n) is 12.3. The standard InChI is InChI=1S/C17H24NO.HI/c1-18-12-6-5-11-17(18,16(19)10-7-13-18)14-15-8-3-2-4-9-15;/h2-4,8-9H,5-7,10-14H2,1H3;1H/q+1;/p-1. The first kappa shape index (κ1) is 16.0. The summed E-state index contributed by atoms with van der Waals surface area (Å²) in [6, 6.07) is 10.6. The zero-order chi connectivity index (χ0) is 13.3. The molecule has 2 atom stereocenters. The van der Waals surface area contributed by atoms with Crippen LogP contribution in [0, 0.1) is 0 Å². The van der Waals surface area contributed by atoms with Gasteiger partial charge in [-0.1, -0.05) is 30.3 Å². The van der Waals surface area contributed by atoms with E-state index in [2.05, 4.69) is 37.4 Å². The Hall–Kier alpha value is -0.420. The molecule has 3 heteroatoms. The van der Waals surface area contributed by atoms with E-state index in [4.69, 9.17) is 0 Å². The summed E-state index contributed by atoms with van der Waals surface area (Å²) in [7, 11) is 2.32. The first-order chi connectivity index (χ1) is 9.16. The van der Waals surface area contributed by atoms with Gasteiger partial charge >= 0.3 is 0 Å². The zero-order valence-corrected chi connectivity index (χ0v) is 14.4. The van der Waals surface area contributed by atoms with E-state index in [1.54, 1.807) is 0 Å². The maximum absolute atomic E-state index is 12.7. The third-order valence-corrected chi connectivity index (χ3v) is 5.44. The van der Waals surface area contributed by atoms with Crippen LogP contribution in [-0.4, -0.2) is 35.9 Å². The Bertz CT molecular complexity index is 471. The minimum Gasteiger partial charge on any atom is -1.00 e. The number of rotatable bonds is 2. The normalized spacial score (nSPS) is 33.1. The average molecular weight is 385 g/mol. The van der Waals surface area contributed by atoms with Crippen LogP contribution in [0.15, 0.2) is 30.3 Å². The molecule has 20 heavy (non-hydrogen) atoms. The molecule has 0 N–H and O–H groups in total. The van der Waals surface area contributed by atoms with E-state index in [0.29, 0.717) is 5.78 Å². The van der Waals surface area contributed by atoms with Gasteiger partial charge in [-0.05, 0) is 18.4 Å². The van der Waals surface area contributed by atoms with Crippen LogP contribution in [0.5, 0.6) is 0 Å². The molecular formula is C17H24INO. The van der Waals surface area contributed by atoms with Crippen LogP contribution in [-0.2, 0) is 11.2 Å². The van der Waals surface area contributed by atoms with Crippen molar-refractivity contribution in [1.82, 2.24) is 0 Å². The fraction of sp³-hybridized carbons (Fsp3) is 0.588. The van der Waals surface area contributed by atoms with E-state index in [0.717, 1.165) is 30.2 Å². The Balaban J connectivity index is 0.00000147. The largest absolute Gasteiger partial charge is 1.00 e. The predicted molar refractivity (Wildman–Crippen MR) is 76.9 cm³/mol. The molecule has 1 aromatic rings.